The van der Waals surface area contributed by atoms with Crippen LogP contribution >= 0.6 is 11.6 Å². The van der Waals surface area contributed by atoms with Crippen LogP contribution in [0.1, 0.15) is 0 Å². The first-order chi connectivity index (χ1) is 10.7. The number of benzene rings is 2. The van der Waals surface area contributed by atoms with Crippen molar-refractivity contribution in [2.75, 3.05) is 31.1 Å². The van der Waals surface area contributed by atoms with E-state index >= 15 is 0 Å². The van der Waals surface area contributed by atoms with Crippen molar-refractivity contribution in [2.45, 2.75) is 4.90 Å². The van der Waals surface area contributed by atoms with Crippen molar-refractivity contribution in [3.63, 3.8) is 0 Å². The molecule has 0 aliphatic carbocycles. The summed E-state index contributed by atoms with van der Waals surface area (Å²) in [5.41, 5.74) is 1.16. The predicted molar refractivity (Wildman–Crippen MR) is 93.6 cm³/mol. The van der Waals surface area contributed by atoms with Gasteiger partial charge in [-0.25, -0.2) is 0 Å². The molecule has 22 heavy (non-hydrogen) atoms. The average molecular weight is 338 g/mol. The molecule has 1 fully saturated rings. The van der Waals surface area contributed by atoms with Gasteiger partial charge in [0.1, 0.15) is 0 Å². The lowest BCUT2D eigenvalue weighted by molar-refractivity contribution is 0.589. The molecule has 0 amide bonds. The van der Waals surface area contributed by atoms with E-state index in [2.05, 4.69) is 16.3 Å². The molecule has 0 bridgehead atoms. The lowest BCUT2D eigenvalue weighted by Crippen LogP contribution is -2.43. The Morgan fingerprint density at radius 2 is 1.59 bits per heavy atom. The standard InChI is InChI=1S/C10H13ClN2.C6H7NOS/c11-9-3-1-2-4-10(9)13-7-5-12-6-8-13;7-9(8)6-4-2-1-3-5-6/h1-4,12H,5-8H2;1-5H,7H2. The van der Waals surface area contributed by atoms with Crippen LogP contribution in [0.4, 0.5) is 5.69 Å². The van der Waals surface area contributed by atoms with Crippen LogP contribution in [0.25, 0.3) is 0 Å². The zero-order valence-corrected chi connectivity index (χ0v) is 13.8. The number of nitrogens with zero attached hydrogens (tertiary/aromatic N) is 1. The van der Waals surface area contributed by atoms with E-state index in [-0.39, 0.29) is 0 Å². The largest absolute Gasteiger partial charge is 0.593 e. The third kappa shape index (κ3) is 5.19. The highest BCUT2D eigenvalue weighted by atomic mass is 35.5. The van der Waals surface area contributed by atoms with Crippen molar-refractivity contribution in [3.05, 3.63) is 59.6 Å². The van der Waals surface area contributed by atoms with Crippen LogP contribution < -0.4 is 15.4 Å². The highest BCUT2D eigenvalue weighted by Crippen LogP contribution is 2.24. The minimum absolute atomic E-state index is 0.664. The zero-order chi connectivity index (χ0) is 15.8. The SMILES string of the molecule is Clc1ccccc1N1CCNCC1.N[S+]([O-])c1ccccc1. The third-order valence-corrected chi connectivity index (χ3v) is 4.34. The van der Waals surface area contributed by atoms with E-state index in [1.807, 2.05) is 24.3 Å². The number of para-hydroxylation sites is 1. The van der Waals surface area contributed by atoms with Crippen molar-refractivity contribution >= 4 is 28.7 Å². The first-order valence-corrected chi connectivity index (χ1v) is 8.69. The number of piperazine rings is 1. The summed E-state index contributed by atoms with van der Waals surface area (Å²) < 4.78 is 10.5. The highest BCUT2D eigenvalue weighted by Gasteiger charge is 2.12. The van der Waals surface area contributed by atoms with Gasteiger partial charge in [-0.3, -0.25) is 0 Å². The lowest BCUT2D eigenvalue weighted by Gasteiger charge is -2.30. The average Bonchev–Trinajstić information content (AvgIpc) is 2.57. The summed E-state index contributed by atoms with van der Waals surface area (Å²) in [5, 5.41) is 9.26. The van der Waals surface area contributed by atoms with Crippen molar-refractivity contribution in [2.24, 2.45) is 5.14 Å². The number of anilines is 1. The Morgan fingerprint density at radius 3 is 2.14 bits per heavy atom. The molecule has 0 radical (unpaired) electrons. The second-order valence-electron chi connectivity index (χ2n) is 4.80. The smallest absolute Gasteiger partial charge is 0.173 e. The summed E-state index contributed by atoms with van der Waals surface area (Å²) >= 11 is 4.77. The molecule has 118 valence electrons. The van der Waals surface area contributed by atoms with Gasteiger partial charge < -0.3 is 14.8 Å². The molecule has 0 spiro atoms. The fourth-order valence-electron chi connectivity index (χ4n) is 2.17. The molecule has 1 aliphatic rings. The van der Waals surface area contributed by atoms with Crippen LogP contribution in [0.2, 0.25) is 5.02 Å². The molecule has 4 nitrogen and oxygen atoms in total. The number of hydrogen-bond donors (Lipinski definition) is 2. The topological polar surface area (TPSA) is 64.3 Å². The lowest BCUT2D eigenvalue weighted by atomic mass is 10.2. The van der Waals surface area contributed by atoms with Crippen molar-refractivity contribution in [1.29, 1.82) is 0 Å². The maximum Gasteiger partial charge on any atom is 0.173 e. The maximum atomic E-state index is 10.5. The van der Waals surface area contributed by atoms with Crippen LogP contribution in [0, 0.1) is 0 Å². The predicted octanol–water partition coefficient (Wildman–Crippen LogP) is 2.42. The number of rotatable bonds is 2. The van der Waals surface area contributed by atoms with Crippen molar-refractivity contribution in [1.82, 2.24) is 5.32 Å². The van der Waals surface area contributed by atoms with Gasteiger partial charge in [0.05, 0.1) is 22.1 Å². The Labute approximate surface area is 139 Å². The van der Waals surface area contributed by atoms with Gasteiger partial charge in [0.2, 0.25) is 0 Å². The minimum atomic E-state index is -1.33. The molecule has 0 saturated carbocycles. The molecule has 2 aromatic rings. The zero-order valence-electron chi connectivity index (χ0n) is 12.2. The van der Waals surface area contributed by atoms with E-state index in [4.69, 9.17) is 16.7 Å². The molecule has 1 saturated heterocycles. The molecule has 3 rings (SSSR count). The van der Waals surface area contributed by atoms with Crippen LogP contribution in [0.3, 0.4) is 0 Å². The fourth-order valence-corrected chi connectivity index (χ4v) is 2.85. The van der Waals surface area contributed by atoms with E-state index in [1.54, 1.807) is 24.3 Å². The molecule has 1 atom stereocenters. The maximum absolute atomic E-state index is 10.5. The monoisotopic (exact) mass is 337 g/mol. The quantitative estimate of drug-likeness (QED) is 0.826. The Kier molecular flexibility index (Phi) is 7.02. The minimum Gasteiger partial charge on any atom is -0.593 e. The van der Waals surface area contributed by atoms with E-state index in [9.17, 15) is 4.55 Å². The Bertz CT molecular complexity index is 562. The number of hydrogen-bond acceptors (Lipinski definition) is 4. The summed E-state index contributed by atoms with van der Waals surface area (Å²) in [7, 11) is 0. The molecular weight excluding hydrogens is 318 g/mol. The van der Waals surface area contributed by atoms with E-state index < -0.39 is 11.4 Å². The van der Waals surface area contributed by atoms with Gasteiger partial charge >= 0.3 is 0 Å². The molecule has 1 heterocycles. The molecule has 2 aromatic carbocycles. The van der Waals surface area contributed by atoms with Gasteiger partial charge in [-0.1, -0.05) is 41.9 Å². The van der Waals surface area contributed by atoms with Crippen LogP contribution in [0.15, 0.2) is 59.5 Å². The summed E-state index contributed by atoms with van der Waals surface area (Å²) in [4.78, 5) is 2.98. The number of nitrogens with two attached hydrogens (primary N) is 1. The molecule has 1 unspecified atom stereocenters. The summed E-state index contributed by atoms with van der Waals surface area (Å²) in [6, 6.07) is 17.0. The van der Waals surface area contributed by atoms with E-state index in [0.29, 0.717) is 4.90 Å². The fraction of sp³-hybridized carbons (Fsp3) is 0.250. The third-order valence-electron chi connectivity index (χ3n) is 3.29. The summed E-state index contributed by atoms with van der Waals surface area (Å²) in [5.74, 6) is 0. The molecule has 6 heteroatoms. The second kappa shape index (κ2) is 9.02. The van der Waals surface area contributed by atoms with E-state index in [0.717, 1.165) is 36.9 Å². The van der Waals surface area contributed by atoms with Gasteiger partial charge in [0.25, 0.3) is 0 Å². The van der Waals surface area contributed by atoms with Crippen LogP contribution in [-0.4, -0.2) is 30.7 Å². The van der Waals surface area contributed by atoms with E-state index in [1.165, 1.54) is 0 Å². The van der Waals surface area contributed by atoms with Gasteiger partial charge in [0, 0.05) is 26.2 Å². The summed E-state index contributed by atoms with van der Waals surface area (Å²) in [6.45, 7) is 4.18. The summed E-state index contributed by atoms with van der Waals surface area (Å²) in [6.07, 6.45) is 0. The first-order valence-electron chi connectivity index (χ1n) is 7.10. The second-order valence-corrected chi connectivity index (χ2v) is 6.27. The first kappa shape index (κ1) is 17.1. The van der Waals surface area contributed by atoms with Crippen LogP contribution in [0.5, 0.6) is 0 Å². The molecule has 0 aromatic heterocycles. The van der Waals surface area contributed by atoms with Crippen molar-refractivity contribution in [3.8, 4) is 0 Å². The van der Waals surface area contributed by atoms with Gasteiger partial charge in [-0.15, -0.1) is 5.14 Å². The Balaban J connectivity index is 0.000000172. The normalized spacial score (nSPS) is 15.7. The number of halogens is 1. The van der Waals surface area contributed by atoms with Gasteiger partial charge in [-0.05, 0) is 24.3 Å². The Hall–Kier alpha value is -1.24. The Morgan fingerprint density at radius 1 is 1.00 bits per heavy atom. The van der Waals surface area contributed by atoms with Crippen molar-refractivity contribution < 1.29 is 4.55 Å². The molecule has 3 N–H and O–H groups in total. The molecular formula is C16H20ClN3OS. The molecule has 1 aliphatic heterocycles. The highest BCUT2D eigenvalue weighted by molar-refractivity contribution is 7.89. The number of nitrogens with one attached hydrogen (secondary N) is 1. The van der Waals surface area contributed by atoms with Gasteiger partial charge in [0.15, 0.2) is 4.90 Å². The van der Waals surface area contributed by atoms with Gasteiger partial charge in [-0.2, -0.15) is 0 Å². The van der Waals surface area contributed by atoms with Crippen LogP contribution in [-0.2, 0) is 11.4 Å².